The first kappa shape index (κ1) is 11.0. The highest BCUT2D eigenvalue weighted by Gasteiger charge is 2.70. The van der Waals surface area contributed by atoms with Gasteiger partial charge in [0.15, 0.2) is 0 Å². The van der Waals surface area contributed by atoms with E-state index in [4.69, 9.17) is 4.74 Å². The lowest BCUT2D eigenvalue weighted by molar-refractivity contribution is -0.105. The van der Waals surface area contributed by atoms with E-state index < -0.39 is 5.60 Å². The van der Waals surface area contributed by atoms with Crippen LogP contribution in [0.15, 0.2) is 0 Å². The second-order valence-corrected chi connectivity index (χ2v) is 7.44. The molecule has 2 saturated carbocycles. The van der Waals surface area contributed by atoms with Gasteiger partial charge >= 0.3 is 0 Å². The molecule has 0 aromatic heterocycles. The van der Waals surface area contributed by atoms with E-state index in [9.17, 15) is 5.11 Å². The lowest BCUT2D eigenvalue weighted by atomic mass is 9.62. The molecule has 0 amide bonds. The maximum absolute atomic E-state index is 11.1. The average molecular weight is 224 g/mol. The van der Waals surface area contributed by atoms with Crippen LogP contribution in [0, 0.1) is 16.7 Å². The molecule has 1 aliphatic heterocycles. The van der Waals surface area contributed by atoms with E-state index in [0.29, 0.717) is 5.92 Å². The van der Waals surface area contributed by atoms with Gasteiger partial charge in [-0.2, -0.15) is 0 Å². The summed E-state index contributed by atoms with van der Waals surface area (Å²) in [6, 6.07) is 0. The lowest BCUT2D eigenvalue weighted by Gasteiger charge is -2.46. The lowest BCUT2D eigenvalue weighted by Crippen LogP contribution is -2.49. The van der Waals surface area contributed by atoms with E-state index in [-0.39, 0.29) is 16.4 Å². The van der Waals surface area contributed by atoms with E-state index in [2.05, 4.69) is 27.7 Å². The predicted molar refractivity (Wildman–Crippen MR) is 63.2 cm³/mol. The zero-order valence-electron chi connectivity index (χ0n) is 11.0. The van der Waals surface area contributed by atoms with Crippen molar-refractivity contribution < 1.29 is 9.84 Å². The quantitative estimate of drug-likeness (QED) is 0.732. The Morgan fingerprint density at radius 1 is 1.25 bits per heavy atom. The van der Waals surface area contributed by atoms with Gasteiger partial charge in [0, 0.05) is 11.8 Å². The molecule has 0 spiro atoms. The maximum atomic E-state index is 11.1. The number of hydrogen-bond acceptors (Lipinski definition) is 2. The molecular formula is C14H24O2. The summed E-state index contributed by atoms with van der Waals surface area (Å²) in [5.41, 5.74) is -0.157. The average Bonchev–Trinajstić information content (AvgIpc) is 2.79. The van der Waals surface area contributed by atoms with Gasteiger partial charge in [-0.15, -0.1) is 0 Å². The second-order valence-electron chi connectivity index (χ2n) is 7.44. The Balaban J connectivity index is 1.93. The molecule has 1 N–H and O–H groups in total. The number of fused-ring (bicyclic) bond motifs is 2. The normalized spacial score (nSPS) is 57.9. The van der Waals surface area contributed by atoms with Crippen molar-refractivity contribution in [2.75, 3.05) is 6.61 Å². The minimum atomic E-state index is -0.495. The Hall–Kier alpha value is -0.0800. The van der Waals surface area contributed by atoms with Crippen molar-refractivity contribution in [3.8, 4) is 0 Å². The molecule has 2 nitrogen and oxygen atoms in total. The van der Waals surface area contributed by atoms with Gasteiger partial charge in [-0.05, 0) is 37.5 Å². The molecule has 3 fully saturated rings. The SMILES string of the molecule is CC1(C)[C@@H]2CC[C@@]1(C)[C@@](O)(C[C@@]1(C)CO1)C2. The van der Waals surface area contributed by atoms with Crippen LogP contribution >= 0.6 is 0 Å². The fourth-order valence-corrected chi connectivity index (χ4v) is 4.53. The molecule has 3 aliphatic rings. The first-order valence-electron chi connectivity index (χ1n) is 6.59. The molecule has 0 unspecified atom stereocenters. The fourth-order valence-electron chi connectivity index (χ4n) is 4.53. The van der Waals surface area contributed by atoms with Gasteiger partial charge in [0.2, 0.25) is 0 Å². The third-order valence-corrected chi connectivity index (χ3v) is 6.35. The second kappa shape index (κ2) is 2.67. The Labute approximate surface area is 98.4 Å². The Kier molecular flexibility index (Phi) is 1.84. The van der Waals surface area contributed by atoms with Crippen molar-refractivity contribution in [3.63, 3.8) is 0 Å². The zero-order valence-corrected chi connectivity index (χ0v) is 11.0. The third-order valence-electron chi connectivity index (χ3n) is 6.35. The molecule has 2 heteroatoms. The van der Waals surface area contributed by atoms with Crippen LogP contribution in [0.4, 0.5) is 0 Å². The minimum Gasteiger partial charge on any atom is -0.389 e. The van der Waals surface area contributed by atoms with Gasteiger partial charge in [0.1, 0.15) is 0 Å². The van der Waals surface area contributed by atoms with Crippen LogP contribution in [0.1, 0.15) is 53.4 Å². The van der Waals surface area contributed by atoms with Crippen molar-refractivity contribution in [2.24, 2.45) is 16.7 Å². The van der Waals surface area contributed by atoms with Crippen LogP contribution in [0.3, 0.4) is 0 Å². The maximum Gasteiger partial charge on any atom is 0.0916 e. The molecule has 3 rings (SSSR count). The first-order chi connectivity index (χ1) is 7.23. The number of ether oxygens (including phenoxy) is 1. The van der Waals surface area contributed by atoms with Crippen LogP contribution in [-0.2, 0) is 4.74 Å². The molecular weight excluding hydrogens is 200 g/mol. The van der Waals surface area contributed by atoms with Crippen molar-refractivity contribution in [2.45, 2.75) is 64.6 Å². The standard InChI is InChI=1S/C14H24O2/c1-11(2)10-5-6-13(11,4)14(15,7-10)8-12(3)9-16-12/h10,15H,5-9H2,1-4H3/t10-,12+,13-,14+/m1/s1. The summed E-state index contributed by atoms with van der Waals surface area (Å²) in [4.78, 5) is 0. The van der Waals surface area contributed by atoms with Crippen molar-refractivity contribution >= 4 is 0 Å². The topological polar surface area (TPSA) is 32.8 Å². The summed E-state index contributed by atoms with van der Waals surface area (Å²) in [7, 11) is 0. The van der Waals surface area contributed by atoms with Crippen LogP contribution in [0.2, 0.25) is 0 Å². The molecule has 0 radical (unpaired) electrons. The molecule has 1 saturated heterocycles. The summed E-state index contributed by atoms with van der Waals surface area (Å²) >= 11 is 0. The monoisotopic (exact) mass is 224 g/mol. The Bertz CT molecular complexity index is 332. The fraction of sp³-hybridized carbons (Fsp3) is 1.00. The molecule has 0 aromatic carbocycles. The van der Waals surface area contributed by atoms with Crippen molar-refractivity contribution in [1.82, 2.24) is 0 Å². The van der Waals surface area contributed by atoms with Gasteiger partial charge in [-0.3, -0.25) is 0 Å². The molecule has 4 atom stereocenters. The molecule has 0 aromatic rings. The van der Waals surface area contributed by atoms with Crippen LogP contribution in [0.5, 0.6) is 0 Å². The van der Waals surface area contributed by atoms with Gasteiger partial charge in [-0.1, -0.05) is 20.8 Å². The predicted octanol–water partition coefficient (Wildman–Crippen LogP) is 2.74. The molecule has 92 valence electrons. The smallest absolute Gasteiger partial charge is 0.0916 e. The molecule has 2 bridgehead atoms. The number of rotatable bonds is 2. The van der Waals surface area contributed by atoms with E-state index in [1.54, 1.807) is 0 Å². The summed E-state index contributed by atoms with van der Waals surface area (Å²) in [5, 5.41) is 11.1. The van der Waals surface area contributed by atoms with Gasteiger partial charge in [0.05, 0.1) is 17.8 Å². The van der Waals surface area contributed by atoms with Gasteiger partial charge in [0.25, 0.3) is 0 Å². The first-order valence-corrected chi connectivity index (χ1v) is 6.59. The van der Waals surface area contributed by atoms with E-state index in [0.717, 1.165) is 19.4 Å². The number of epoxide rings is 1. The Morgan fingerprint density at radius 2 is 1.88 bits per heavy atom. The molecule has 2 aliphatic carbocycles. The summed E-state index contributed by atoms with van der Waals surface area (Å²) < 4.78 is 5.48. The Morgan fingerprint density at radius 3 is 2.25 bits per heavy atom. The van der Waals surface area contributed by atoms with E-state index >= 15 is 0 Å². The largest absolute Gasteiger partial charge is 0.389 e. The summed E-state index contributed by atoms with van der Waals surface area (Å²) in [6.07, 6.45) is 4.28. The van der Waals surface area contributed by atoms with Crippen LogP contribution in [0.25, 0.3) is 0 Å². The highest BCUT2D eigenvalue weighted by molar-refractivity contribution is 5.19. The molecule has 16 heavy (non-hydrogen) atoms. The van der Waals surface area contributed by atoms with Crippen molar-refractivity contribution in [1.29, 1.82) is 0 Å². The highest BCUT2D eigenvalue weighted by atomic mass is 16.6. The number of aliphatic hydroxyl groups is 1. The minimum absolute atomic E-state index is 0.0294. The summed E-state index contributed by atoms with van der Waals surface area (Å²) in [6.45, 7) is 9.95. The zero-order chi connectivity index (χ0) is 11.8. The molecule has 1 heterocycles. The van der Waals surface area contributed by atoms with Gasteiger partial charge in [-0.25, -0.2) is 0 Å². The van der Waals surface area contributed by atoms with E-state index in [1.165, 1.54) is 12.8 Å². The van der Waals surface area contributed by atoms with Gasteiger partial charge < -0.3 is 9.84 Å². The van der Waals surface area contributed by atoms with Crippen LogP contribution < -0.4 is 0 Å². The highest BCUT2D eigenvalue weighted by Crippen LogP contribution is 2.71. The van der Waals surface area contributed by atoms with E-state index in [1.807, 2.05) is 0 Å². The van der Waals surface area contributed by atoms with Crippen molar-refractivity contribution in [3.05, 3.63) is 0 Å². The summed E-state index contributed by atoms with van der Waals surface area (Å²) in [5.74, 6) is 0.699. The number of hydrogen-bond donors (Lipinski definition) is 1. The van der Waals surface area contributed by atoms with Crippen LogP contribution in [-0.4, -0.2) is 22.9 Å². The third kappa shape index (κ3) is 1.10.